The van der Waals surface area contributed by atoms with Crippen LogP contribution in [0.4, 0.5) is 0 Å². The third kappa shape index (κ3) is 2.08. The zero-order valence-corrected chi connectivity index (χ0v) is 8.33. The molecule has 0 bridgehead atoms. The Labute approximate surface area is 78.2 Å². The van der Waals surface area contributed by atoms with Gasteiger partial charge in [-0.2, -0.15) is 0 Å². The predicted molar refractivity (Wildman–Crippen MR) is 51.3 cm³/mol. The summed E-state index contributed by atoms with van der Waals surface area (Å²) in [4.78, 5) is 7.21. The number of hydrogen-bond donors (Lipinski definition) is 3. The molecule has 1 heterocycles. The quantitative estimate of drug-likeness (QED) is 0.648. The molecule has 74 valence electrons. The number of aliphatic hydroxyl groups is 1. The zero-order chi connectivity index (χ0) is 10.0. The molecule has 1 aromatic heterocycles. The molecule has 0 aliphatic rings. The summed E-state index contributed by atoms with van der Waals surface area (Å²) in [5.41, 5.74) is 7.60. The Balaban J connectivity index is 2.82. The van der Waals surface area contributed by atoms with Crippen molar-refractivity contribution in [3.05, 3.63) is 17.2 Å². The number of H-pyrrole nitrogens is 1. The van der Waals surface area contributed by atoms with Crippen molar-refractivity contribution in [2.45, 2.75) is 39.3 Å². The largest absolute Gasteiger partial charge is 0.384 e. The lowest BCUT2D eigenvalue weighted by Gasteiger charge is -2.14. The molecule has 0 aliphatic carbocycles. The molecule has 0 aliphatic heterocycles. The van der Waals surface area contributed by atoms with Crippen LogP contribution in [0.2, 0.25) is 0 Å². The minimum atomic E-state index is -0.683. The fourth-order valence-corrected chi connectivity index (χ4v) is 1.14. The van der Waals surface area contributed by atoms with Crippen molar-refractivity contribution in [1.29, 1.82) is 0 Å². The van der Waals surface area contributed by atoms with Crippen LogP contribution in [0.25, 0.3) is 0 Å². The van der Waals surface area contributed by atoms with Crippen LogP contribution in [0.5, 0.6) is 0 Å². The van der Waals surface area contributed by atoms with Crippen LogP contribution in [-0.2, 0) is 0 Å². The van der Waals surface area contributed by atoms with E-state index >= 15 is 0 Å². The van der Waals surface area contributed by atoms with Crippen LogP contribution < -0.4 is 5.73 Å². The SMILES string of the molecule is CCC(N)C(O)c1nc(C)c(C)[nH]1. The fraction of sp³-hybridized carbons (Fsp3) is 0.667. The molecule has 0 spiro atoms. The smallest absolute Gasteiger partial charge is 0.137 e. The number of nitrogens with one attached hydrogen (secondary N) is 1. The van der Waals surface area contributed by atoms with Gasteiger partial charge in [-0.3, -0.25) is 0 Å². The van der Waals surface area contributed by atoms with Gasteiger partial charge in [-0.05, 0) is 20.3 Å². The van der Waals surface area contributed by atoms with Crippen LogP contribution in [0.15, 0.2) is 0 Å². The average molecular weight is 183 g/mol. The number of nitrogens with zero attached hydrogens (tertiary/aromatic N) is 1. The molecular weight excluding hydrogens is 166 g/mol. The molecule has 0 fully saturated rings. The number of aromatic nitrogens is 2. The number of aliphatic hydroxyl groups excluding tert-OH is 1. The second kappa shape index (κ2) is 3.89. The van der Waals surface area contributed by atoms with Crippen molar-refractivity contribution in [1.82, 2.24) is 9.97 Å². The molecule has 4 N–H and O–H groups in total. The van der Waals surface area contributed by atoms with E-state index in [2.05, 4.69) is 9.97 Å². The lowest BCUT2D eigenvalue weighted by molar-refractivity contribution is 0.136. The number of aromatic amines is 1. The van der Waals surface area contributed by atoms with E-state index in [1.165, 1.54) is 0 Å². The number of rotatable bonds is 3. The monoisotopic (exact) mass is 183 g/mol. The van der Waals surface area contributed by atoms with Crippen molar-refractivity contribution in [2.75, 3.05) is 0 Å². The third-order valence-corrected chi connectivity index (χ3v) is 2.30. The Bertz CT molecular complexity index is 263. The van der Waals surface area contributed by atoms with Gasteiger partial charge in [0.25, 0.3) is 0 Å². The van der Waals surface area contributed by atoms with Gasteiger partial charge in [0.2, 0.25) is 0 Å². The first kappa shape index (κ1) is 10.2. The highest BCUT2D eigenvalue weighted by atomic mass is 16.3. The molecule has 0 saturated carbocycles. The van der Waals surface area contributed by atoms with E-state index in [9.17, 15) is 5.11 Å². The first-order valence-corrected chi connectivity index (χ1v) is 4.53. The van der Waals surface area contributed by atoms with Gasteiger partial charge in [-0.25, -0.2) is 4.98 Å². The molecule has 1 rings (SSSR count). The summed E-state index contributed by atoms with van der Waals surface area (Å²) < 4.78 is 0. The van der Waals surface area contributed by atoms with E-state index in [0.29, 0.717) is 5.82 Å². The Morgan fingerprint density at radius 2 is 2.15 bits per heavy atom. The maximum atomic E-state index is 9.71. The van der Waals surface area contributed by atoms with Crippen LogP contribution >= 0.6 is 0 Å². The van der Waals surface area contributed by atoms with E-state index in [-0.39, 0.29) is 6.04 Å². The fourth-order valence-electron chi connectivity index (χ4n) is 1.14. The molecular formula is C9H17N3O. The molecule has 4 nitrogen and oxygen atoms in total. The molecule has 0 aromatic carbocycles. The summed E-state index contributed by atoms with van der Waals surface area (Å²) in [6.45, 7) is 5.77. The average Bonchev–Trinajstić information content (AvgIpc) is 2.44. The van der Waals surface area contributed by atoms with Gasteiger partial charge >= 0.3 is 0 Å². The maximum absolute atomic E-state index is 9.71. The highest BCUT2D eigenvalue weighted by molar-refractivity contribution is 5.12. The molecule has 4 heteroatoms. The normalized spacial score (nSPS) is 15.8. The summed E-state index contributed by atoms with van der Waals surface area (Å²) in [5.74, 6) is 0.573. The third-order valence-electron chi connectivity index (χ3n) is 2.30. The number of nitrogens with two attached hydrogens (primary N) is 1. The lowest BCUT2D eigenvalue weighted by Crippen LogP contribution is -2.28. The van der Waals surface area contributed by atoms with Crippen LogP contribution in [0, 0.1) is 13.8 Å². The summed E-state index contributed by atoms with van der Waals surface area (Å²) >= 11 is 0. The summed E-state index contributed by atoms with van der Waals surface area (Å²) in [6, 6.07) is -0.245. The summed E-state index contributed by atoms with van der Waals surface area (Å²) in [6.07, 6.45) is 0.0531. The molecule has 2 unspecified atom stereocenters. The van der Waals surface area contributed by atoms with Crippen molar-refractivity contribution in [3.63, 3.8) is 0 Å². The molecule has 1 aromatic rings. The maximum Gasteiger partial charge on any atom is 0.137 e. The second-order valence-corrected chi connectivity index (χ2v) is 3.35. The van der Waals surface area contributed by atoms with Crippen LogP contribution in [0.1, 0.15) is 36.7 Å². The second-order valence-electron chi connectivity index (χ2n) is 3.35. The first-order chi connectivity index (χ1) is 6.06. The van der Waals surface area contributed by atoms with E-state index in [1.54, 1.807) is 0 Å². The van der Waals surface area contributed by atoms with Crippen molar-refractivity contribution < 1.29 is 5.11 Å². The number of imidazole rings is 1. The van der Waals surface area contributed by atoms with E-state index in [1.807, 2.05) is 20.8 Å². The Hall–Kier alpha value is -0.870. The Kier molecular flexibility index (Phi) is 3.06. The highest BCUT2D eigenvalue weighted by Gasteiger charge is 2.18. The number of aryl methyl sites for hydroxylation is 2. The molecule has 0 saturated heterocycles. The molecule has 13 heavy (non-hydrogen) atoms. The Morgan fingerprint density at radius 1 is 1.54 bits per heavy atom. The van der Waals surface area contributed by atoms with Gasteiger partial charge < -0.3 is 15.8 Å². The summed E-state index contributed by atoms with van der Waals surface area (Å²) in [7, 11) is 0. The van der Waals surface area contributed by atoms with Gasteiger partial charge in [0.15, 0.2) is 0 Å². The molecule has 0 amide bonds. The number of hydrogen-bond acceptors (Lipinski definition) is 3. The molecule has 0 radical (unpaired) electrons. The predicted octanol–water partition coefficient (Wildman–Crippen LogP) is 0.797. The van der Waals surface area contributed by atoms with Crippen molar-refractivity contribution in [2.24, 2.45) is 5.73 Å². The van der Waals surface area contributed by atoms with E-state index in [4.69, 9.17) is 5.73 Å². The highest BCUT2D eigenvalue weighted by Crippen LogP contribution is 2.15. The van der Waals surface area contributed by atoms with Gasteiger partial charge in [0.05, 0.1) is 5.69 Å². The standard InChI is InChI=1S/C9H17N3O/c1-4-7(10)8(13)9-11-5(2)6(3)12-9/h7-8,13H,4,10H2,1-3H3,(H,11,12). The zero-order valence-electron chi connectivity index (χ0n) is 8.33. The topological polar surface area (TPSA) is 74.9 Å². The van der Waals surface area contributed by atoms with E-state index < -0.39 is 6.10 Å². The molecule has 2 atom stereocenters. The first-order valence-electron chi connectivity index (χ1n) is 4.53. The van der Waals surface area contributed by atoms with Gasteiger partial charge in [0.1, 0.15) is 11.9 Å². The van der Waals surface area contributed by atoms with Gasteiger partial charge in [-0.1, -0.05) is 6.92 Å². The van der Waals surface area contributed by atoms with Gasteiger partial charge in [0, 0.05) is 11.7 Å². The van der Waals surface area contributed by atoms with E-state index in [0.717, 1.165) is 17.8 Å². The summed E-state index contributed by atoms with van der Waals surface area (Å²) in [5, 5.41) is 9.71. The van der Waals surface area contributed by atoms with Crippen LogP contribution in [0.3, 0.4) is 0 Å². The minimum Gasteiger partial charge on any atom is -0.384 e. The Morgan fingerprint density at radius 3 is 2.54 bits per heavy atom. The van der Waals surface area contributed by atoms with Crippen molar-refractivity contribution >= 4 is 0 Å². The van der Waals surface area contributed by atoms with Crippen molar-refractivity contribution in [3.8, 4) is 0 Å². The minimum absolute atomic E-state index is 0.245. The van der Waals surface area contributed by atoms with Crippen LogP contribution in [-0.4, -0.2) is 21.1 Å². The lowest BCUT2D eigenvalue weighted by atomic mass is 10.1. The van der Waals surface area contributed by atoms with Gasteiger partial charge in [-0.15, -0.1) is 0 Å².